The molecule has 0 saturated heterocycles. The molecule has 0 fully saturated rings. The molecule has 0 aromatic heterocycles. The number of benzene rings is 2. The molecule has 1 N–H and O–H groups in total. The second-order valence-corrected chi connectivity index (χ2v) is 6.18. The SMILES string of the molecule is C[C@@H](Oc1ccc(F)cc1Br)C(=O)N1CC(=O)Nc2ccccc21. The molecule has 0 bridgehead atoms. The third-order valence-corrected chi connectivity index (χ3v) is 4.20. The number of carbonyl (C=O) groups excluding carboxylic acids is 2. The van der Waals surface area contributed by atoms with Crippen molar-refractivity contribution < 1.29 is 18.7 Å². The van der Waals surface area contributed by atoms with Crippen LogP contribution in [0.15, 0.2) is 46.9 Å². The van der Waals surface area contributed by atoms with E-state index >= 15 is 0 Å². The van der Waals surface area contributed by atoms with Crippen LogP contribution in [-0.4, -0.2) is 24.5 Å². The van der Waals surface area contributed by atoms with Gasteiger partial charge in [-0.2, -0.15) is 0 Å². The molecular weight excluding hydrogens is 379 g/mol. The first-order chi connectivity index (χ1) is 11.5. The highest BCUT2D eigenvalue weighted by Gasteiger charge is 2.30. The molecule has 1 aliphatic rings. The highest BCUT2D eigenvalue weighted by molar-refractivity contribution is 9.10. The lowest BCUT2D eigenvalue weighted by Crippen LogP contribution is -2.47. The summed E-state index contributed by atoms with van der Waals surface area (Å²) in [6, 6.07) is 11.0. The Bertz CT molecular complexity index is 812. The van der Waals surface area contributed by atoms with E-state index in [4.69, 9.17) is 4.74 Å². The number of ether oxygens (including phenoxy) is 1. The van der Waals surface area contributed by atoms with Crippen LogP contribution in [0.3, 0.4) is 0 Å². The van der Waals surface area contributed by atoms with Crippen molar-refractivity contribution in [2.24, 2.45) is 0 Å². The van der Waals surface area contributed by atoms with Gasteiger partial charge in [-0.1, -0.05) is 12.1 Å². The zero-order valence-electron chi connectivity index (χ0n) is 12.8. The van der Waals surface area contributed by atoms with Gasteiger partial charge in [0, 0.05) is 0 Å². The van der Waals surface area contributed by atoms with Gasteiger partial charge in [-0.3, -0.25) is 14.5 Å². The molecule has 1 heterocycles. The van der Waals surface area contributed by atoms with E-state index in [1.807, 2.05) is 0 Å². The van der Waals surface area contributed by atoms with E-state index in [2.05, 4.69) is 21.2 Å². The largest absolute Gasteiger partial charge is 0.480 e. The van der Waals surface area contributed by atoms with E-state index in [1.54, 1.807) is 31.2 Å². The standard InChI is InChI=1S/C17H14BrFN2O3/c1-10(24-15-7-6-11(19)8-12(15)18)17(23)21-9-16(22)20-13-4-2-3-5-14(13)21/h2-8,10H,9H2,1H3,(H,20,22)/t10-/m1/s1. The van der Waals surface area contributed by atoms with E-state index < -0.39 is 11.9 Å². The zero-order chi connectivity index (χ0) is 17.3. The molecule has 3 rings (SSSR count). The smallest absolute Gasteiger partial charge is 0.268 e. The molecular formula is C17H14BrFN2O3. The minimum Gasteiger partial charge on any atom is -0.480 e. The lowest BCUT2D eigenvalue weighted by Gasteiger charge is -2.31. The van der Waals surface area contributed by atoms with Crippen LogP contribution in [0.2, 0.25) is 0 Å². The van der Waals surface area contributed by atoms with E-state index in [1.165, 1.54) is 23.1 Å². The summed E-state index contributed by atoms with van der Waals surface area (Å²) >= 11 is 3.20. The first-order valence-electron chi connectivity index (χ1n) is 7.27. The number of carbonyl (C=O) groups is 2. The summed E-state index contributed by atoms with van der Waals surface area (Å²) in [6.45, 7) is 1.52. The average molecular weight is 393 g/mol. The van der Waals surface area contributed by atoms with Crippen molar-refractivity contribution in [1.82, 2.24) is 0 Å². The molecule has 0 saturated carbocycles. The van der Waals surface area contributed by atoms with Crippen molar-refractivity contribution in [3.63, 3.8) is 0 Å². The molecule has 7 heteroatoms. The Morgan fingerprint density at radius 1 is 1.33 bits per heavy atom. The summed E-state index contributed by atoms with van der Waals surface area (Å²) in [5.41, 5.74) is 1.20. The fourth-order valence-corrected chi connectivity index (χ4v) is 2.91. The van der Waals surface area contributed by atoms with E-state index in [0.717, 1.165) is 0 Å². The zero-order valence-corrected chi connectivity index (χ0v) is 14.3. The maximum absolute atomic E-state index is 13.1. The van der Waals surface area contributed by atoms with Crippen molar-refractivity contribution in [1.29, 1.82) is 0 Å². The van der Waals surface area contributed by atoms with Crippen LogP contribution >= 0.6 is 15.9 Å². The molecule has 24 heavy (non-hydrogen) atoms. The van der Waals surface area contributed by atoms with E-state index in [-0.39, 0.29) is 18.4 Å². The monoisotopic (exact) mass is 392 g/mol. The Kier molecular flexibility index (Phi) is 4.53. The number of nitrogens with zero attached hydrogens (tertiary/aromatic N) is 1. The Morgan fingerprint density at radius 3 is 2.83 bits per heavy atom. The van der Waals surface area contributed by atoms with Gasteiger partial charge in [0.2, 0.25) is 5.91 Å². The van der Waals surface area contributed by atoms with Crippen LogP contribution < -0.4 is 15.0 Å². The van der Waals surface area contributed by atoms with Crippen LogP contribution in [0.4, 0.5) is 15.8 Å². The number of anilines is 2. The number of hydrogen-bond donors (Lipinski definition) is 1. The third kappa shape index (κ3) is 3.26. The van der Waals surface area contributed by atoms with Gasteiger partial charge in [-0.25, -0.2) is 4.39 Å². The number of nitrogens with one attached hydrogen (secondary N) is 1. The third-order valence-electron chi connectivity index (χ3n) is 3.58. The predicted octanol–water partition coefficient (Wildman–Crippen LogP) is 3.34. The van der Waals surface area contributed by atoms with Gasteiger partial charge in [0.05, 0.1) is 15.8 Å². The fraction of sp³-hybridized carbons (Fsp3) is 0.176. The molecule has 0 spiro atoms. The molecule has 5 nitrogen and oxygen atoms in total. The number of rotatable bonds is 3. The quantitative estimate of drug-likeness (QED) is 0.871. The van der Waals surface area contributed by atoms with Gasteiger partial charge in [-0.05, 0) is 53.2 Å². The van der Waals surface area contributed by atoms with Gasteiger partial charge < -0.3 is 10.1 Å². The summed E-state index contributed by atoms with van der Waals surface area (Å²) in [5.74, 6) is -0.674. The van der Waals surface area contributed by atoms with Crippen molar-refractivity contribution in [2.75, 3.05) is 16.8 Å². The lowest BCUT2D eigenvalue weighted by atomic mass is 10.1. The molecule has 1 aliphatic heterocycles. The highest BCUT2D eigenvalue weighted by Crippen LogP contribution is 2.31. The maximum atomic E-state index is 13.1. The molecule has 2 aromatic rings. The van der Waals surface area contributed by atoms with E-state index in [0.29, 0.717) is 21.6 Å². The highest BCUT2D eigenvalue weighted by atomic mass is 79.9. The Hall–Kier alpha value is -2.41. The van der Waals surface area contributed by atoms with Crippen LogP contribution in [-0.2, 0) is 9.59 Å². The Morgan fingerprint density at radius 2 is 2.08 bits per heavy atom. The number of fused-ring (bicyclic) bond motifs is 1. The normalized spacial score (nSPS) is 14.6. The Labute approximate surface area is 146 Å². The topological polar surface area (TPSA) is 58.6 Å². The first kappa shape index (κ1) is 16.4. The molecule has 124 valence electrons. The van der Waals surface area contributed by atoms with Crippen LogP contribution in [0.5, 0.6) is 5.75 Å². The predicted molar refractivity (Wildman–Crippen MR) is 91.6 cm³/mol. The number of halogens is 2. The lowest BCUT2D eigenvalue weighted by molar-refractivity contribution is -0.126. The molecule has 1 atom stereocenters. The van der Waals surface area contributed by atoms with Crippen LogP contribution in [0.25, 0.3) is 0 Å². The molecule has 2 amide bonds. The second kappa shape index (κ2) is 6.60. The number of para-hydroxylation sites is 2. The summed E-state index contributed by atoms with van der Waals surface area (Å²) in [7, 11) is 0. The Balaban J connectivity index is 1.82. The minimum atomic E-state index is -0.842. The average Bonchev–Trinajstić information content (AvgIpc) is 2.55. The fourth-order valence-electron chi connectivity index (χ4n) is 2.46. The van der Waals surface area contributed by atoms with Gasteiger partial charge in [0.25, 0.3) is 5.91 Å². The van der Waals surface area contributed by atoms with Gasteiger partial charge in [0.15, 0.2) is 6.10 Å². The molecule has 2 aromatic carbocycles. The summed E-state index contributed by atoms with van der Waals surface area (Å²) in [4.78, 5) is 25.9. The minimum absolute atomic E-state index is 0.0753. The number of amides is 2. The molecule has 0 radical (unpaired) electrons. The van der Waals surface area contributed by atoms with Crippen molar-refractivity contribution in [2.45, 2.75) is 13.0 Å². The van der Waals surface area contributed by atoms with Crippen molar-refractivity contribution >= 4 is 39.1 Å². The molecule has 0 aliphatic carbocycles. The molecule has 0 unspecified atom stereocenters. The van der Waals surface area contributed by atoms with E-state index in [9.17, 15) is 14.0 Å². The summed E-state index contributed by atoms with van der Waals surface area (Å²) in [5, 5.41) is 2.73. The van der Waals surface area contributed by atoms with Gasteiger partial charge >= 0.3 is 0 Å². The summed E-state index contributed by atoms with van der Waals surface area (Å²) < 4.78 is 19.2. The summed E-state index contributed by atoms with van der Waals surface area (Å²) in [6.07, 6.45) is -0.842. The van der Waals surface area contributed by atoms with Crippen molar-refractivity contribution in [3.05, 3.63) is 52.8 Å². The van der Waals surface area contributed by atoms with Gasteiger partial charge in [0.1, 0.15) is 18.1 Å². The van der Waals surface area contributed by atoms with Crippen LogP contribution in [0.1, 0.15) is 6.92 Å². The van der Waals surface area contributed by atoms with Crippen molar-refractivity contribution in [3.8, 4) is 5.75 Å². The second-order valence-electron chi connectivity index (χ2n) is 5.32. The first-order valence-corrected chi connectivity index (χ1v) is 8.07. The maximum Gasteiger partial charge on any atom is 0.268 e. The van der Waals surface area contributed by atoms with Crippen LogP contribution in [0, 0.1) is 5.82 Å². The number of hydrogen-bond acceptors (Lipinski definition) is 3. The van der Waals surface area contributed by atoms with Gasteiger partial charge in [-0.15, -0.1) is 0 Å².